The fourth-order valence-corrected chi connectivity index (χ4v) is 2.86. The maximum atomic E-state index is 8.56. The molecule has 3 nitrogen and oxygen atoms in total. The number of hydrogen-bond acceptors (Lipinski definition) is 1. The second-order valence-electron chi connectivity index (χ2n) is 5.60. The lowest BCUT2D eigenvalue weighted by Crippen LogP contribution is -1.91. The Morgan fingerprint density at radius 2 is 1.20 bits per heavy atom. The molecule has 3 aromatic rings. The SMILES string of the molecule is CCCc1ccccc1-c1ccccc1-c1ccccc1.O=C(O)O. The number of carbonyl (C=O) groups is 1. The van der Waals surface area contributed by atoms with Gasteiger partial charge in [0.2, 0.25) is 0 Å². The van der Waals surface area contributed by atoms with Crippen LogP contribution in [0.5, 0.6) is 0 Å². The van der Waals surface area contributed by atoms with Crippen LogP contribution in [-0.2, 0) is 6.42 Å². The Kier molecular flexibility index (Phi) is 6.78. The molecule has 0 aliphatic heterocycles. The van der Waals surface area contributed by atoms with E-state index in [1.165, 1.54) is 34.2 Å². The van der Waals surface area contributed by atoms with Gasteiger partial charge in [0.05, 0.1) is 0 Å². The minimum absolute atomic E-state index is 1.12. The first-order valence-corrected chi connectivity index (χ1v) is 8.28. The third-order valence-electron chi connectivity index (χ3n) is 3.84. The molecule has 0 spiro atoms. The van der Waals surface area contributed by atoms with Gasteiger partial charge in [0.1, 0.15) is 0 Å². The smallest absolute Gasteiger partial charge is 0.450 e. The van der Waals surface area contributed by atoms with Gasteiger partial charge in [-0.25, -0.2) is 4.79 Å². The minimum atomic E-state index is -1.83. The van der Waals surface area contributed by atoms with Crippen LogP contribution in [0.1, 0.15) is 18.9 Å². The van der Waals surface area contributed by atoms with Gasteiger partial charge in [-0.1, -0.05) is 92.2 Å². The lowest BCUT2D eigenvalue weighted by atomic mass is 9.90. The van der Waals surface area contributed by atoms with Gasteiger partial charge in [-0.3, -0.25) is 0 Å². The van der Waals surface area contributed by atoms with Gasteiger partial charge in [-0.15, -0.1) is 0 Å². The average molecular weight is 334 g/mol. The molecule has 25 heavy (non-hydrogen) atoms. The summed E-state index contributed by atoms with van der Waals surface area (Å²) < 4.78 is 0. The first-order valence-electron chi connectivity index (χ1n) is 8.28. The van der Waals surface area contributed by atoms with Crippen molar-refractivity contribution in [1.29, 1.82) is 0 Å². The lowest BCUT2D eigenvalue weighted by Gasteiger charge is -2.14. The molecule has 0 unspecified atom stereocenters. The summed E-state index contributed by atoms with van der Waals surface area (Å²) >= 11 is 0. The van der Waals surface area contributed by atoms with Crippen LogP contribution >= 0.6 is 0 Å². The highest BCUT2D eigenvalue weighted by Gasteiger charge is 2.09. The Labute approximate surface area is 148 Å². The molecule has 0 amide bonds. The summed E-state index contributed by atoms with van der Waals surface area (Å²) in [4.78, 5) is 8.56. The van der Waals surface area contributed by atoms with E-state index in [2.05, 4.69) is 85.8 Å². The zero-order chi connectivity index (χ0) is 18.1. The summed E-state index contributed by atoms with van der Waals surface area (Å²) in [7, 11) is 0. The molecule has 0 saturated carbocycles. The molecule has 0 aromatic heterocycles. The third-order valence-corrected chi connectivity index (χ3v) is 3.84. The van der Waals surface area contributed by atoms with E-state index in [9.17, 15) is 0 Å². The minimum Gasteiger partial charge on any atom is -0.450 e. The average Bonchev–Trinajstić information content (AvgIpc) is 2.63. The normalized spacial score (nSPS) is 9.80. The van der Waals surface area contributed by atoms with Crippen LogP contribution in [0.2, 0.25) is 0 Å². The molecule has 0 bridgehead atoms. The second kappa shape index (κ2) is 9.28. The zero-order valence-corrected chi connectivity index (χ0v) is 14.2. The van der Waals surface area contributed by atoms with Crippen molar-refractivity contribution in [3.05, 3.63) is 84.4 Å². The van der Waals surface area contributed by atoms with Crippen molar-refractivity contribution in [2.45, 2.75) is 19.8 Å². The van der Waals surface area contributed by atoms with E-state index in [-0.39, 0.29) is 0 Å². The van der Waals surface area contributed by atoms with E-state index >= 15 is 0 Å². The molecule has 128 valence electrons. The van der Waals surface area contributed by atoms with Crippen molar-refractivity contribution in [3.63, 3.8) is 0 Å². The van der Waals surface area contributed by atoms with Gasteiger partial charge in [0.25, 0.3) is 0 Å². The Balaban J connectivity index is 0.000000511. The highest BCUT2D eigenvalue weighted by molar-refractivity contribution is 5.84. The van der Waals surface area contributed by atoms with Crippen molar-refractivity contribution in [1.82, 2.24) is 0 Å². The highest BCUT2D eigenvalue weighted by Crippen LogP contribution is 2.34. The third kappa shape index (κ3) is 5.21. The van der Waals surface area contributed by atoms with Crippen LogP contribution in [0.15, 0.2) is 78.9 Å². The molecule has 0 heterocycles. The quantitative estimate of drug-likeness (QED) is 0.597. The maximum Gasteiger partial charge on any atom is 0.503 e. The van der Waals surface area contributed by atoms with E-state index in [1.807, 2.05) is 0 Å². The summed E-state index contributed by atoms with van der Waals surface area (Å²) in [6.45, 7) is 2.24. The predicted octanol–water partition coefficient (Wildman–Crippen LogP) is 6.20. The van der Waals surface area contributed by atoms with Crippen LogP contribution in [-0.4, -0.2) is 16.4 Å². The maximum absolute atomic E-state index is 8.56. The van der Waals surface area contributed by atoms with E-state index in [0.717, 1.165) is 6.42 Å². The van der Waals surface area contributed by atoms with Crippen LogP contribution < -0.4 is 0 Å². The molecule has 3 aromatic carbocycles. The number of hydrogen-bond donors (Lipinski definition) is 2. The number of rotatable bonds is 4. The van der Waals surface area contributed by atoms with Crippen molar-refractivity contribution in [3.8, 4) is 22.3 Å². The molecular formula is C22H22O3. The lowest BCUT2D eigenvalue weighted by molar-refractivity contribution is 0.137. The highest BCUT2D eigenvalue weighted by atomic mass is 16.6. The van der Waals surface area contributed by atoms with Crippen LogP contribution in [0.25, 0.3) is 22.3 Å². The molecule has 0 radical (unpaired) electrons. The van der Waals surface area contributed by atoms with Crippen LogP contribution in [0.3, 0.4) is 0 Å². The molecule has 3 heteroatoms. The summed E-state index contributed by atoms with van der Waals surface area (Å²) in [6, 6.07) is 28.1. The molecular weight excluding hydrogens is 312 g/mol. The van der Waals surface area contributed by atoms with Crippen molar-refractivity contribution >= 4 is 6.16 Å². The summed E-state index contributed by atoms with van der Waals surface area (Å²) in [5, 5.41) is 13.9. The topological polar surface area (TPSA) is 57.5 Å². The Hall–Kier alpha value is -3.07. The zero-order valence-electron chi connectivity index (χ0n) is 14.2. The molecule has 3 rings (SSSR count). The largest absolute Gasteiger partial charge is 0.503 e. The first-order chi connectivity index (χ1) is 12.1. The van der Waals surface area contributed by atoms with Gasteiger partial charge < -0.3 is 10.2 Å². The summed E-state index contributed by atoms with van der Waals surface area (Å²) in [6.07, 6.45) is 0.462. The van der Waals surface area contributed by atoms with Gasteiger partial charge >= 0.3 is 6.16 Å². The van der Waals surface area contributed by atoms with E-state index < -0.39 is 6.16 Å². The first kappa shape index (κ1) is 18.3. The number of carboxylic acid groups (broad SMARTS) is 2. The van der Waals surface area contributed by atoms with E-state index in [4.69, 9.17) is 15.0 Å². The summed E-state index contributed by atoms with van der Waals surface area (Å²) in [5.74, 6) is 0. The van der Waals surface area contributed by atoms with Gasteiger partial charge in [-0.05, 0) is 34.2 Å². The van der Waals surface area contributed by atoms with Crippen molar-refractivity contribution < 1.29 is 15.0 Å². The molecule has 0 aliphatic rings. The molecule has 0 fully saturated rings. The Morgan fingerprint density at radius 1 is 0.720 bits per heavy atom. The molecule has 0 aliphatic carbocycles. The fraction of sp³-hybridized carbons (Fsp3) is 0.136. The van der Waals surface area contributed by atoms with Crippen LogP contribution in [0, 0.1) is 0 Å². The monoisotopic (exact) mass is 334 g/mol. The van der Waals surface area contributed by atoms with Gasteiger partial charge in [-0.2, -0.15) is 0 Å². The van der Waals surface area contributed by atoms with E-state index in [0.29, 0.717) is 0 Å². The Morgan fingerprint density at radius 3 is 1.80 bits per heavy atom. The standard InChI is InChI=1S/C21H20.CH2O3/c1-2-10-17-13-6-7-14-19(17)21-16-9-8-15-20(21)18-11-4-3-5-12-18;2-1(3)4/h3-9,11-16H,2,10H2,1H3;(H2,2,3,4). The summed E-state index contributed by atoms with van der Waals surface area (Å²) in [5.41, 5.74) is 6.70. The second-order valence-corrected chi connectivity index (χ2v) is 5.60. The molecule has 0 saturated heterocycles. The number of benzene rings is 3. The predicted molar refractivity (Wildman–Crippen MR) is 102 cm³/mol. The fourth-order valence-electron chi connectivity index (χ4n) is 2.86. The van der Waals surface area contributed by atoms with Crippen molar-refractivity contribution in [2.75, 3.05) is 0 Å². The molecule has 2 N–H and O–H groups in total. The van der Waals surface area contributed by atoms with E-state index in [1.54, 1.807) is 0 Å². The van der Waals surface area contributed by atoms with Crippen molar-refractivity contribution in [2.24, 2.45) is 0 Å². The molecule has 0 atom stereocenters. The van der Waals surface area contributed by atoms with Gasteiger partial charge in [0, 0.05) is 0 Å². The van der Waals surface area contributed by atoms with Gasteiger partial charge in [0.15, 0.2) is 0 Å². The number of aryl methyl sites for hydroxylation is 1. The van der Waals surface area contributed by atoms with Crippen LogP contribution in [0.4, 0.5) is 4.79 Å². The Bertz CT molecular complexity index is 806.